The summed E-state index contributed by atoms with van der Waals surface area (Å²) in [4.78, 5) is 12.0. The third kappa shape index (κ3) is 4.93. The first-order chi connectivity index (χ1) is 8.59. The summed E-state index contributed by atoms with van der Waals surface area (Å²) in [5.74, 6) is 0.0261. The lowest BCUT2D eigenvalue weighted by Gasteiger charge is -2.34. The van der Waals surface area contributed by atoms with E-state index in [0.717, 1.165) is 28.8 Å². The minimum absolute atomic E-state index is 0. The van der Waals surface area contributed by atoms with Crippen LogP contribution in [0.1, 0.15) is 30.1 Å². The van der Waals surface area contributed by atoms with Crippen molar-refractivity contribution in [2.75, 3.05) is 19.6 Å². The molecule has 0 saturated carbocycles. The first kappa shape index (κ1) is 16.7. The molecule has 2 rings (SSSR count). The fourth-order valence-electron chi connectivity index (χ4n) is 2.27. The summed E-state index contributed by atoms with van der Waals surface area (Å²) in [7, 11) is 0. The van der Waals surface area contributed by atoms with E-state index in [0.29, 0.717) is 0 Å². The summed E-state index contributed by atoms with van der Waals surface area (Å²) < 4.78 is 1.15. The van der Waals surface area contributed by atoms with Crippen molar-refractivity contribution in [2.45, 2.75) is 19.8 Å². The molecule has 19 heavy (non-hydrogen) atoms. The number of hydrogen-bond donors (Lipinski definition) is 2. The third-order valence-corrected chi connectivity index (χ3v) is 4.19. The summed E-state index contributed by atoms with van der Waals surface area (Å²) in [6.07, 6.45) is 2.36. The van der Waals surface area contributed by atoms with E-state index in [4.69, 9.17) is 0 Å². The van der Waals surface area contributed by atoms with Gasteiger partial charge in [-0.05, 0) is 71.7 Å². The fourth-order valence-corrected chi connectivity index (χ4v) is 2.63. The van der Waals surface area contributed by atoms with Crippen LogP contribution in [0.5, 0.6) is 0 Å². The topological polar surface area (TPSA) is 41.1 Å². The fraction of sp³-hybridized carbons (Fsp3) is 0.500. The first-order valence-electron chi connectivity index (χ1n) is 6.34. The van der Waals surface area contributed by atoms with Crippen LogP contribution in [-0.2, 0) is 0 Å². The maximum Gasteiger partial charge on any atom is 0.251 e. The maximum atomic E-state index is 12.0. The zero-order valence-corrected chi connectivity index (χ0v) is 14.0. The van der Waals surface area contributed by atoms with Crippen LogP contribution in [0.15, 0.2) is 24.3 Å². The zero-order valence-electron chi connectivity index (χ0n) is 11.0. The van der Waals surface area contributed by atoms with Gasteiger partial charge >= 0.3 is 0 Å². The van der Waals surface area contributed by atoms with E-state index < -0.39 is 0 Å². The van der Waals surface area contributed by atoms with E-state index in [2.05, 4.69) is 40.1 Å². The molecule has 1 saturated heterocycles. The van der Waals surface area contributed by atoms with Crippen LogP contribution < -0.4 is 10.6 Å². The van der Waals surface area contributed by atoms with Gasteiger partial charge in [0.15, 0.2) is 0 Å². The lowest BCUT2D eigenvalue weighted by atomic mass is 9.83. The summed E-state index contributed by atoms with van der Waals surface area (Å²) in [6.45, 7) is 5.05. The molecule has 3 nitrogen and oxygen atoms in total. The summed E-state index contributed by atoms with van der Waals surface area (Å²) in [5, 5.41) is 6.44. The maximum absolute atomic E-state index is 12.0. The second-order valence-corrected chi connectivity index (χ2v) is 6.53. The Kier molecular flexibility index (Phi) is 6.56. The molecule has 2 N–H and O–H groups in total. The van der Waals surface area contributed by atoms with Crippen molar-refractivity contribution in [3.05, 3.63) is 33.4 Å². The van der Waals surface area contributed by atoms with Crippen LogP contribution in [0, 0.1) is 8.99 Å². The Labute approximate surface area is 134 Å². The Balaban J connectivity index is 0.00000180. The molecule has 1 aromatic rings. The number of piperidine rings is 1. The molecule has 1 aliphatic heterocycles. The van der Waals surface area contributed by atoms with Crippen LogP contribution >= 0.6 is 35.0 Å². The van der Waals surface area contributed by atoms with Gasteiger partial charge in [-0.15, -0.1) is 12.4 Å². The van der Waals surface area contributed by atoms with Gasteiger partial charge in [0.05, 0.1) is 0 Å². The van der Waals surface area contributed by atoms with Crippen molar-refractivity contribution in [3.8, 4) is 0 Å². The summed E-state index contributed by atoms with van der Waals surface area (Å²) >= 11 is 2.24. The predicted molar refractivity (Wildman–Crippen MR) is 89.0 cm³/mol. The lowest BCUT2D eigenvalue weighted by Crippen LogP contribution is -2.45. The lowest BCUT2D eigenvalue weighted by molar-refractivity contribution is 0.0924. The van der Waals surface area contributed by atoms with Gasteiger partial charge in [-0.2, -0.15) is 0 Å². The molecular weight excluding hydrogens is 375 g/mol. The van der Waals surface area contributed by atoms with E-state index in [1.807, 2.05) is 24.3 Å². The van der Waals surface area contributed by atoms with E-state index in [1.165, 1.54) is 12.8 Å². The van der Waals surface area contributed by atoms with Gasteiger partial charge in [-0.25, -0.2) is 0 Å². The zero-order chi connectivity index (χ0) is 13.0. The summed E-state index contributed by atoms with van der Waals surface area (Å²) in [5.41, 5.74) is 0.930. The molecule has 1 fully saturated rings. The minimum Gasteiger partial charge on any atom is -0.351 e. The first-order valence-corrected chi connectivity index (χ1v) is 7.41. The molecule has 1 unspecified atom stereocenters. The molecular formula is C14H20ClIN2O. The van der Waals surface area contributed by atoms with Gasteiger partial charge in [-0.3, -0.25) is 4.79 Å². The van der Waals surface area contributed by atoms with Gasteiger partial charge in [0, 0.05) is 22.2 Å². The van der Waals surface area contributed by atoms with Crippen molar-refractivity contribution in [2.24, 2.45) is 5.41 Å². The quantitative estimate of drug-likeness (QED) is 0.774. The largest absolute Gasteiger partial charge is 0.351 e. The molecule has 0 aromatic heterocycles. The highest BCUT2D eigenvalue weighted by atomic mass is 127. The molecule has 0 spiro atoms. The van der Waals surface area contributed by atoms with Gasteiger partial charge < -0.3 is 10.6 Å². The van der Waals surface area contributed by atoms with Crippen LogP contribution in [0.2, 0.25) is 0 Å². The monoisotopic (exact) mass is 394 g/mol. The molecule has 0 radical (unpaired) electrons. The Hall–Kier alpha value is -0.330. The van der Waals surface area contributed by atoms with Crippen LogP contribution in [0.25, 0.3) is 0 Å². The van der Waals surface area contributed by atoms with Crippen molar-refractivity contribution < 1.29 is 4.79 Å². The van der Waals surface area contributed by atoms with Crippen LogP contribution in [0.4, 0.5) is 0 Å². The van der Waals surface area contributed by atoms with E-state index in [1.54, 1.807) is 0 Å². The number of hydrogen-bond acceptors (Lipinski definition) is 2. The van der Waals surface area contributed by atoms with Crippen molar-refractivity contribution in [1.29, 1.82) is 0 Å². The molecule has 1 amide bonds. The highest BCUT2D eigenvalue weighted by Crippen LogP contribution is 2.24. The minimum atomic E-state index is 0. The Morgan fingerprint density at radius 3 is 2.68 bits per heavy atom. The molecule has 0 bridgehead atoms. The number of benzene rings is 1. The Bertz CT molecular complexity index is 416. The molecule has 1 aromatic carbocycles. The van der Waals surface area contributed by atoms with Gasteiger partial charge in [0.2, 0.25) is 0 Å². The predicted octanol–water partition coefficient (Wildman–Crippen LogP) is 2.83. The standard InChI is InChI=1S/C14H19IN2O.ClH/c1-14(7-2-8-16-9-14)10-17-13(18)11-3-5-12(15)6-4-11;/h3-6,16H,2,7-10H2,1H3,(H,17,18);1H. The van der Waals surface area contributed by atoms with Crippen molar-refractivity contribution in [1.82, 2.24) is 10.6 Å². The number of rotatable bonds is 3. The molecule has 1 aliphatic rings. The average molecular weight is 395 g/mol. The van der Waals surface area contributed by atoms with Crippen molar-refractivity contribution in [3.63, 3.8) is 0 Å². The van der Waals surface area contributed by atoms with Crippen LogP contribution in [-0.4, -0.2) is 25.5 Å². The molecule has 1 heterocycles. The van der Waals surface area contributed by atoms with E-state index >= 15 is 0 Å². The second kappa shape index (κ2) is 7.45. The van der Waals surface area contributed by atoms with Crippen LogP contribution in [0.3, 0.4) is 0 Å². The van der Waals surface area contributed by atoms with E-state index in [9.17, 15) is 4.79 Å². The average Bonchev–Trinajstić information content (AvgIpc) is 2.38. The molecule has 1 atom stereocenters. The Morgan fingerprint density at radius 2 is 2.11 bits per heavy atom. The second-order valence-electron chi connectivity index (χ2n) is 5.28. The number of carbonyl (C=O) groups excluding carboxylic acids is 1. The highest BCUT2D eigenvalue weighted by Gasteiger charge is 2.27. The summed E-state index contributed by atoms with van der Waals surface area (Å²) in [6, 6.07) is 7.66. The number of carbonyl (C=O) groups is 1. The Morgan fingerprint density at radius 1 is 1.42 bits per heavy atom. The number of nitrogens with one attached hydrogen (secondary N) is 2. The molecule has 0 aliphatic carbocycles. The molecule has 106 valence electrons. The third-order valence-electron chi connectivity index (χ3n) is 3.47. The van der Waals surface area contributed by atoms with Gasteiger partial charge in [0.1, 0.15) is 0 Å². The van der Waals surface area contributed by atoms with Crippen molar-refractivity contribution >= 4 is 40.9 Å². The number of amides is 1. The normalized spacial score (nSPS) is 22.4. The molecule has 5 heteroatoms. The smallest absolute Gasteiger partial charge is 0.251 e. The SMILES string of the molecule is CC1(CNC(=O)c2ccc(I)cc2)CCCNC1.Cl. The number of halogens is 2. The van der Waals surface area contributed by atoms with E-state index in [-0.39, 0.29) is 23.7 Å². The van der Waals surface area contributed by atoms with Gasteiger partial charge in [0.25, 0.3) is 5.91 Å². The van der Waals surface area contributed by atoms with Gasteiger partial charge in [-0.1, -0.05) is 6.92 Å². The highest BCUT2D eigenvalue weighted by molar-refractivity contribution is 14.1.